The number of hydrogen-bond acceptors (Lipinski definition) is 3. The molecule has 1 atom stereocenters. The molecule has 1 aromatic carbocycles. The SMILES string of the molecule is O=C(c1cccc(NC(=O)C2CCCO2)c1)C1CC1. The zero-order valence-electron chi connectivity index (χ0n) is 10.7. The van der Waals surface area contributed by atoms with Gasteiger partial charge in [0.15, 0.2) is 5.78 Å². The number of amides is 1. The maximum atomic E-state index is 12.0. The van der Waals surface area contributed by atoms with Gasteiger partial charge in [0.25, 0.3) is 5.91 Å². The van der Waals surface area contributed by atoms with Crippen molar-refractivity contribution in [2.24, 2.45) is 5.92 Å². The smallest absolute Gasteiger partial charge is 0.253 e. The number of ketones is 1. The van der Waals surface area contributed by atoms with Gasteiger partial charge >= 0.3 is 0 Å². The van der Waals surface area contributed by atoms with E-state index in [-0.39, 0.29) is 23.7 Å². The van der Waals surface area contributed by atoms with E-state index in [9.17, 15) is 9.59 Å². The van der Waals surface area contributed by atoms with Crippen molar-refractivity contribution in [3.8, 4) is 0 Å². The summed E-state index contributed by atoms with van der Waals surface area (Å²) in [4.78, 5) is 23.9. The summed E-state index contributed by atoms with van der Waals surface area (Å²) in [7, 11) is 0. The molecule has 0 radical (unpaired) electrons. The van der Waals surface area contributed by atoms with Crippen molar-refractivity contribution in [2.45, 2.75) is 31.8 Å². The van der Waals surface area contributed by atoms with Crippen LogP contribution in [-0.4, -0.2) is 24.4 Å². The van der Waals surface area contributed by atoms with Gasteiger partial charge in [-0.25, -0.2) is 0 Å². The van der Waals surface area contributed by atoms with Crippen LogP contribution in [0.2, 0.25) is 0 Å². The van der Waals surface area contributed by atoms with Crippen molar-refractivity contribution in [2.75, 3.05) is 11.9 Å². The van der Waals surface area contributed by atoms with Gasteiger partial charge in [0.05, 0.1) is 0 Å². The minimum atomic E-state index is -0.345. The van der Waals surface area contributed by atoms with Gasteiger partial charge in [-0.2, -0.15) is 0 Å². The average molecular weight is 259 g/mol. The van der Waals surface area contributed by atoms with E-state index in [1.807, 2.05) is 6.07 Å². The van der Waals surface area contributed by atoms with Gasteiger partial charge in [0.1, 0.15) is 6.10 Å². The van der Waals surface area contributed by atoms with E-state index in [1.165, 1.54) is 0 Å². The van der Waals surface area contributed by atoms with Crippen LogP contribution in [0.25, 0.3) is 0 Å². The van der Waals surface area contributed by atoms with Crippen molar-refractivity contribution >= 4 is 17.4 Å². The fourth-order valence-corrected chi connectivity index (χ4v) is 2.34. The largest absolute Gasteiger partial charge is 0.368 e. The molecule has 0 bridgehead atoms. The van der Waals surface area contributed by atoms with Crippen LogP contribution in [0.15, 0.2) is 24.3 Å². The van der Waals surface area contributed by atoms with E-state index in [1.54, 1.807) is 18.2 Å². The topological polar surface area (TPSA) is 55.4 Å². The quantitative estimate of drug-likeness (QED) is 0.845. The van der Waals surface area contributed by atoms with E-state index < -0.39 is 0 Å². The van der Waals surface area contributed by atoms with Crippen molar-refractivity contribution in [3.63, 3.8) is 0 Å². The van der Waals surface area contributed by atoms with E-state index >= 15 is 0 Å². The first-order valence-corrected chi connectivity index (χ1v) is 6.81. The van der Waals surface area contributed by atoms with Gasteiger partial charge in [-0.15, -0.1) is 0 Å². The molecule has 1 aromatic rings. The number of anilines is 1. The van der Waals surface area contributed by atoms with E-state index in [0.29, 0.717) is 17.9 Å². The highest BCUT2D eigenvalue weighted by Gasteiger charge is 2.30. The zero-order valence-corrected chi connectivity index (χ0v) is 10.7. The molecule has 0 spiro atoms. The predicted octanol–water partition coefficient (Wildman–Crippen LogP) is 2.40. The lowest BCUT2D eigenvalue weighted by atomic mass is 10.1. The summed E-state index contributed by atoms with van der Waals surface area (Å²) in [6.45, 7) is 0.651. The lowest BCUT2D eigenvalue weighted by Gasteiger charge is -2.11. The summed E-state index contributed by atoms with van der Waals surface area (Å²) in [6.07, 6.45) is 3.34. The molecule has 1 aliphatic carbocycles. The number of rotatable bonds is 4. The average Bonchev–Trinajstić information content (AvgIpc) is 3.12. The second-order valence-electron chi connectivity index (χ2n) is 5.21. The van der Waals surface area contributed by atoms with Gasteiger partial charge in [-0.3, -0.25) is 9.59 Å². The number of carbonyl (C=O) groups is 2. The third-order valence-electron chi connectivity index (χ3n) is 3.58. The van der Waals surface area contributed by atoms with Gasteiger partial charge in [-0.05, 0) is 37.8 Å². The summed E-state index contributed by atoms with van der Waals surface area (Å²) < 4.78 is 5.33. The van der Waals surface area contributed by atoms with Crippen molar-refractivity contribution in [1.29, 1.82) is 0 Å². The standard InChI is InChI=1S/C15H17NO3/c17-14(10-6-7-10)11-3-1-4-12(9-11)16-15(18)13-5-2-8-19-13/h1,3-4,9-10,13H,2,5-8H2,(H,16,18). The minimum Gasteiger partial charge on any atom is -0.368 e. The second-order valence-corrected chi connectivity index (χ2v) is 5.21. The maximum absolute atomic E-state index is 12.0. The molecule has 3 rings (SSSR count). The minimum absolute atomic E-state index is 0.117. The van der Waals surface area contributed by atoms with Gasteiger partial charge in [0, 0.05) is 23.8 Å². The Bertz CT molecular complexity index is 502. The van der Waals surface area contributed by atoms with Crippen LogP contribution in [-0.2, 0) is 9.53 Å². The fourth-order valence-electron chi connectivity index (χ4n) is 2.34. The van der Waals surface area contributed by atoms with Crippen LogP contribution >= 0.6 is 0 Å². The number of Topliss-reactive ketones (excluding diaryl/α,β-unsaturated/α-hetero) is 1. The first-order chi connectivity index (χ1) is 9.24. The first-order valence-electron chi connectivity index (χ1n) is 6.81. The molecule has 0 aromatic heterocycles. The number of benzene rings is 1. The van der Waals surface area contributed by atoms with E-state index in [2.05, 4.69) is 5.32 Å². The molecule has 1 amide bonds. The lowest BCUT2D eigenvalue weighted by Crippen LogP contribution is -2.26. The summed E-state index contributed by atoms with van der Waals surface area (Å²) in [5.41, 5.74) is 1.36. The molecule has 4 heteroatoms. The molecule has 4 nitrogen and oxygen atoms in total. The van der Waals surface area contributed by atoms with Crippen LogP contribution in [0.3, 0.4) is 0 Å². The summed E-state index contributed by atoms with van der Waals surface area (Å²) in [6, 6.07) is 7.17. The Hall–Kier alpha value is -1.68. The Morgan fingerprint density at radius 1 is 1.21 bits per heavy atom. The molecule has 19 heavy (non-hydrogen) atoms. The van der Waals surface area contributed by atoms with Crippen molar-refractivity contribution in [3.05, 3.63) is 29.8 Å². The Labute approximate surface area is 112 Å². The van der Waals surface area contributed by atoms with Crippen LogP contribution in [0.5, 0.6) is 0 Å². The Balaban J connectivity index is 1.68. The highest BCUT2D eigenvalue weighted by Crippen LogP contribution is 2.33. The molecule has 1 heterocycles. The number of hydrogen-bond donors (Lipinski definition) is 1. The number of carbonyl (C=O) groups excluding carboxylic acids is 2. The molecule has 2 fully saturated rings. The van der Waals surface area contributed by atoms with Crippen molar-refractivity contribution < 1.29 is 14.3 Å². The fraction of sp³-hybridized carbons (Fsp3) is 0.467. The number of nitrogens with one attached hydrogen (secondary N) is 1. The summed E-state index contributed by atoms with van der Waals surface area (Å²) in [5.74, 6) is 0.269. The third-order valence-corrected chi connectivity index (χ3v) is 3.58. The van der Waals surface area contributed by atoms with Crippen LogP contribution < -0.4 is 5.32 Å². The molecule has 1 saturated carbocycles. The van der Waals surface area contributed by atoms with Gasteiger partial charge in [-0.1, -0.05) is 12.1 Å². The van der Waals surface area contributed by atoms with Crippen LogP contribution in [0, 0.1) is 5.92 Å². The normalized spacial score (nSPS) is 22.2. The lowest BCUT2D eigenvalue weighted by molar-refractivity contribution is -0.124. The molecule has 1 saturated heterocycles. The van der Waals surface area contributed by atoms with Gasteiger partial charge in [0.2, 0.25) is 0 Å². The van der Waals surface area contributed by atoms with E-state index in [0.717, 1.165) is 25.7 Å². The molecule has 1 N–H and O–H groups in total. The molecule has 1 unspecified atom stereocenters. The molecule has 2 aliphatic rings. The van der Waals surface area contributed by atoms with Crippen molar-refractivity contribution in [1.82, 2.24) is 0 Å². The Kier molecular flexibility index (Phi) is 3.34. The number of ether oxygens (including phenoxy) is 1. The monoisotopic (exact) mass is 259 g/mol. The summed E-state index contributed by atoms with van der Waals surface area (Å²) >= 11 is 0. The molecule has 1 aliphatic heterocycles. The predicted molar refractivity (Wildman–Crippen MR) is 71.1 cm³/mol. The Morgan fingerprint density at radius 2 is 2.05 bits per heavy atom. The van der Waals surface area contributed by atoms with Crippen LogP contribution in [0.4, 0.5) is 5.69 Å². The second kappa shape index (κ2) is 5.13. The molecular weight excluding hydrogens is 242 g/mol. The van der Waals surface area contributed by atoms with E-state index in [4.69, 9.17) is 4.74 Å². The highest BCUT2D eigenvalue weighted by atomic mass is 16.5. The highest BCUT2D eigenvalue weighted by molar-refractivity contribution is 6.01. The molecule has 100 valence electrons. The van der Waals surface area contributed by atoms with Gasteiger partial charge < -0.3 is 10.1 Å². The van der Waals surface area contributed by atoms with Crippen LogP contribution in [0.1, 0.15) is 36.0 Å². The maximum Gasteiger partial charge on any atom is 0.253 e. The molecular formula is C15H17NO3. The summed E-state index contributed by atoms with van der Waals surface area (Å²) in [5, 5.41) is 2.82. The zero-order chi connectivity index (χ0) is 13.2. The first kappa shape index (κ1) is 12.4. The Morgan fingerprint density at radius 3 is 2.74 bits per heavy atom. The third kappa shape index (κ3) is 2.84.